The van der Waals surface area contributed by atoms with Gasteiger partial charge in [-0.15, -0.1) is 21.5 Å². The normalized spacial score (nSPS) is 14.8. The molecule has 2 aromatic carbocycles. The van der Waals surface area contributed by atoms with E-state index in [0.29, 0.717) is 11.8 Å². The number of thiophene rings is 1. The number of aromatic nitrogens is 4. The van der Waals surface area contributed by atoms with Crippen molar-refractivity contribution >= 4 is 56.2 Å². The molecule has 3 aromatic heterocycles. The molecule has 0 spiro atoms. The molecule has 0 aliphatic carbocycles. The SMILES string of the molecule is Cc1nc2sc3c(c2c2nnc(SCC(=O)N(c4ccccc4)c4ccccc4)n12)CC(C)(C)OC3. The Labute approximate surface area is 217 Å². The molecule has 5 aromatic rings. The number of carbonyl (C=O) groups excluding carboxylic acids is 1. The van der Waals surface area contributed by atoms with Gasteiger partial charge in [-0.2, -0.15) is 0 Å². The maximum Gasteiger partial charge on any atom is 0.242 e. The first-order chi connectivity index (χ1) is 17.4. The van der Waals surface area contributed by atoms with Crippen LogP contribution < -0.4 is 4.90 Å². The lowest BCUT2D eigenvalue weighted by Crippen LogP contribution is -2.31. The van der Waals surface area contributed by atoms with Crippen LogP contribution in [0.2, 0.25) is 0 Å². The van der Waals surface area contributed by atoms with Crippen molar-refractivity contribution in [3.8, 4) is 0 Å². The van der Waals surface area contributed by atoms with Crippen LogP contribution in [-0.4, -0.2) is 36.8 Å². The Hall–Kier alpha value is -3.27. The van der Waals surface area contributed by atoms with Crippen molar-refractivity contribution in [2.75, 3.05) is 10.7 Å². The number of benzene rings is 2. The number of rotatable bonds is 5. The van der Waals surface area contributed by atoms with Crippen molar-refractivity contribution in [1.29, 1.82) is 0 Å². The van der Waals surface area contributed by atoms with E-state index in [4.69, 9.17) is 9.72 Å². The summed E-state index contributed by atoms with van der Waals surface area (Å²) in [6, 6.07) is 19.4. The number of para-hydroxylation sites is 2. The summed E-state index contributed by atoms with van der Waals surface area (Å²) in [6.45, 7) is 6.77. The molecule has 1 aliphatic heterocycles. The molecule has 0 saturated heterocycles. The van der Waals surface area contributed by atoms with Crippen LogP contribution in [0, 0.1) is 6.92 Å². The summed E-state index contributed by atoms with van der Waals surface area (Å²) in [4.78, 5) is 22.3. The van der Waals surface area contributed by atoms with Gasteiger partial charge in [-0.05, 0) is 50.6 Å². The van der Waals surface area contributed by atoms with Gasteiger partial charge in [0.1, 0.15) is 10.7 Å². The van der Waals surface area contributed by atoms with E-state index in [2.05, 4.69) is 24.0 Å². The average molecular weight is 516 g/mol. The molecule has 1 aliphatic rings. The number of carbonyl (C=O) groups is 1. The van der Waals surface area contributed by atoms with Crippen LogP contribution in [0.4, 0.5) is 11.4 Å². The van der Waals surface area contributed by atoms with Crippen molar-refractivity contribution in [3.05, 3.63) is 76.9 Å². The van der Waals surface area contributed by atoms with E-state index in [0.717, 1.165) is 39.5 Å². The molecule has 0 bridgehead atoms. The third-order valence-electron chi connectivity index (χ3n) is 6.32. The molecule has 0 saturated carbocycles. The third-order valence-corrected chi connectivity index (χ3v) is 8.33. The quantitative estimate of drug-likeness (QED) is 0.269. The lowest BCUT2D eigenvalue weighted by Gasteiger charge is -2.30. The minimum Gasteiger partial charge on any atom is -0.370 e. The van der Waals surface area contributed by atoms with Crippen LogP contribution >= 0.6 is 23.1 Å². The number of thioether (sulfide) groups is 1. The molecule has 7 nitrogen and oxygen atoms in total. The van der Waals surface area contributed by atoms with Gasteiger partial charge >= 0.3 is 0 Å². The maximum atomic E-state index is 13.5. The topological polar surface area (TPSA) is 72.6 Å². The summed E-state index contributed by atoms with van der Waals surface area (Å²) >= 11 is 3.05. The highest BCUT2D eigenvalue weighted by molar-refractivity contribution is 7.99. The number of hydrogen-bond acceptors (Lipinski definition) is 7. The van der Waals surface area contributed by atoms with Gasteiger partial charge in [0.2, 0.25) is 5.91 Å². The predicted molar refractivity (Wildman–Crippen MR) is 144 cm³/mol. The smallest absolute Gasteiger partial charge is 0.242 e. The molecule has 182 valence electrons. The standard InChI is InChI=1S/C27H25N5O2S2/c1-17-28-25-23(20-14-27(2,3)34-15-21(20)36-25)24-29-30-26(31(17)24)35-16-22(33)32(18-10-6-4-7-11-18)19-12-8-5-9-13-19/h4-13H,14-16H2,1-3H3. The monoisotopic (exact) mass is 515 g/mol. The fraction of sp³-hybridized carbons (Fsp3) is 0.259. The van der Waals surface area contributed by atoms with Gasteiger partial charge in [0.15, 0.2) is 10.8 Å². The number of anilines is 2. The molecular formula is C27H25N5O2S2. The van der Waals surface area contributed by atoms with E-state index in [1.807, 2.05) is 72.0 Å². The van der Waals surface area contributed by atoms with E-state index in [1.165, 1.54) is 22.2 Å². The highest BCUT2D eigenvalue weighted by atomic mass is 32.2. The van der Waals surface area contributed by atoms with E-state index in [9.17, 15) is 4.79 Å². The van der Waals surface area contributed by atoms with Gasteiger partial charge in [-0.1, -0.05) is 48.2 Å². The summed E-state index contributed by atoms with van der Waals surface area (Å²) in [7, 11) is 0. The molecule has 9 heteroatoms. The second-order valence-electron chi connectivity index (χ2n) is 9.40. The Morgan fingerprint density at radius 3 is 2.42 bits per heavy atom. The van der Waals surface area contributed by atoms with Crippen LogP contribution in [0.1, 0.15) is 30.1 Å². The van der Waals surface area contributed by atoms with E-state index < -0.39 is 0 Å². The highest BCUT2D eigenvalue weighted by Crippen LogP contribution is 2.40. The zero-order chi connectivity index (χ0) is 24.9. The fourth-order valence-electron chi connectivity index (χ4n) is 4.64. The number of fused-ring (bicyclic) bond motifs is 5. The minimum atomic E-state index is -0.231. The molecular weight excluding hydrogens is 490 g/mol. The largest absolute Gasteiger partial charge is 0.370 e. The number of hydrogen-bond donors (Lipinski definition) is 0. The molecule has 6 rings (SSSR count). The molecule has 0 fully saturated rings. The van der Waals surface area contributed by atoms with E-state index in [1.54, 1.807) is 16.2 Å². The second-order valence-corrected chi connectivity index (χ2v) is 11.4. The fourth-order valence-corrected chi connectivity index (χ4v) is 6.62. The summed E-state index contributed by atoms with van der Waals surface area (Å²) in [5, 5.41) is 10.8. The van der Waals surface area contributed by atoms with Crippen LogP contribution in [-0.2, 0) is 22.6 Å². The zero-order valence-electron chi connectivity index (χ0n) is 20.3. The summed E-state index contributed by atoms with van der Waals surface area (Å²) in [5.74, 6) is 0.983. The minimum absolute atomic E-state index is 0.0346. The first kappa shape index (κ1) is 23.1. The van der Waals surface area contributed by atoms with E-state index in [-0.39, 0.29) is 17.3 Å². The lowest BCUT2D eigenvalue weighted by molar-refractivity contribution is -0.115. The van der Waals surface area contributed by atoms with Crippen molar-refractivity contribution in [3.63, 3.8) is 0 Å². The molecule has 0 atom stereocenters. The lowest BCUT2D eigenvalue weighted by atomic mass is 9.94. The van der Waals surface area contributed by atoms with Crippen LogP contribution in [0.3, 0.4) is 0 Å². The average Bonchev–Trinajstić information content (AvgIpc) is 3.45. The van der Waals surface area contributed by atoms with Crippen molar-refractivity contribution in [2.24, 2.45) is 0 Å². The number of aryl methyl sites for hydroxylation is 1. The van der Waals surface area contributed by atoms with Gasteiger partial charge in [-0.25, -0.2) is 4.98 Å². The number of nitrogens with zero attached hydrogens (tertiary/aromatic N) is 5. The Bertz CT molecular complexity index is 1540. The van der Waals surface area contributed by atoms with Crippen molar-refractivity contribution in [2.45, 2.75) is 44.6 Å². The third kappa shape index (κ3) is 4.07. The molecule has 0 unspecified atom stereocenters. The number of ether oxygens (including phenoxy) is 1. The molecule has 4 heterocycles. The molecule has 0 N–H and O–H groups in total. The van der Waals surface area contributed by atoms with Gasteiger partial charge in [0.25, 0.3) is 0 Å². The van der Waals surface area contributed by atoms with Gasteiger partial charge in [-0.3, -0.25) is 14.1 Å². The summed E-state index contributed by atoms with van der Waals surface area (Å²) in [6.07, 6.45) is 0.805. The van der Waals surface area contributed by atoms with Crippen LogP contribution in [0.25, 0.3) is 15.9 Å². The number of amides is 1. The Morgan fingerprint density at radius 2 is 1.75 bits per heavy atom. The van der Waals surface area contributed by atoms with E-state index >= 15 is 0 Å². The maximum absolute atomic E-state index is 13.5. The van der Waals surface area contributed by atoms with Gasteiger partial charge < -0.3 is 4.74 Å². The van der Waals surface area contributed by atoms with Crippen LogP contribution in [0.5, 0.6) is 0 Å². The first-order valence-electron chi connectivity index (χ1n) is 11.8. The van der Waals surface area contributed by atoms with Crippen LogP contribution in [0.15, 0.2) is 65.8 Å². The van der Waals surface area contributed by atoms with Crippen molar-refractivity contribution in [1.82, 2.24) is 19.6 Å². The Morgan fingerprint density at radius 1 is 1.08 bits per heavy atom. The Balaban J connectivity index is 1.34. The molecule has 0 radical (unpaired) electrons. The predicted octanol–water partition coefficient (Wildman–Crippen LogP) is 5.96. The van der Waals surface area contributed by atoms with Gasteiger partial charge in [0, 0.05) is 22.7 Å². The molecule has 1 amide bonds. The summed E-state index contributed by atoms with van der Waals surface area (Å²) < 4.78 is 8.00. The second kappa shape index (κ2) is 8.99. The Kier molecular flexibility index (Phi) is 5.78. The van der Waals surface area contributed by atoms with Crippen molar-refractivity contribution < 1.29 is 9.53 Å². The highest BCUT2D eigenvalue weighted by Gasteiger charge is 2.31. The molecule has 36 heavy (non-hydrogen) atoms. The zero-order valence-corrected chi connectivity index (χ0v) is 21.9. The van der Waals surface area contributed by atoms with Gasteiger partial charge in [0.05, 0.1) is 23.3 Å². The summed E-state index contributed by atoms with van der Waals surface area (Å²) in [5.41, 5.74) is 3.48. The first-order valence-corrected chi connectivity index (χ1v) is 13.6.